The number of nitrogens with zero attached hydrogens (tertiary/aromatic N) is 2. The minimum Gasteiger partial charge on any atom is -0.337 e. The summed E-state index contributed by atoms with van der Waals surface area (Å²) in [5, 5.41) is 10.6. The van der Waals surface area contributed by atoms with Crippen LogP contribution in [-0.2, 0) is 12.7 Å². The molecule has 5 nitrogen and oxygen atoms in total. The zero-order valence-electron chi connectivity index (χ0n) is 12.6. The number of carbonyl (C=O) groups excluding carboxylic acids is 1. The summed E-state index contributed by atoms with van der Waals surface area (Å²) in [6.07, 6.45) is -4.51. The van der Waals surface area contributed by atoms with Gasteiger partial charge in [0.2, 0.25) is 0 Å². The van der Waals surface area contributed by atoms with Gasteiger partial charge in [-0.25, -0.2) is 0 Å². The second kappa shape index (κ2) is 6.69. The number of amides is 1. The molecule has 2 aromatic carbocycles. The molecule has 2 rings (SSSR count). The summed E-state index contributed by atoms with van der Waals surface area (Å²) in [6.45, 7) is -0.231. The molecular formula is C16H13F3N2O3. The van der Waals surface area contributed by atoms with Gasteiger partial charge in [-0.05, 0) is 23.8 Å². The van der Waals surface area contributed by atoms with Crippen LogP contribution in [0, 0.1) is 10.1 Å². The van der Waals surface area contributed by atoms with Crippen molar-refractivity contribution in [3.8, 4) is 0 Å². The highest BCUT2D eigenvalue weighted by Gasteiger charge is 2.33. The lowest BCUT2D eigenvalue weighted by Crippen LogP contribution is -2.27. The number of halogens is 3. The molecule has 0 fully saturated rings. The number of nitro benzene ring substituents is 1. The highest BCUT2D eigenvalue weighted by Crippen LogP contribution is 2.32. The minimum atomic E-state index is -4.51. The molecule has 0 N–H and O–H groups in total. The normalized spacial score (nSPS) is 11.2. The Morgan fingerprint density at radius 1 is 1.12 bits per heavy atom. The van der Waals surface area contributed by atoms with Gasteiger partial charge in [-0.15, -0.1) is 0 Å². The van der Waals surface area contributed by atoms with E-state index in [9.17, 15) is 28.1 Å². The summed E-state index contributed by atoms with van der Waals surface area (Å²) < 4.78 is 38.9. The molecule has 8 heteroatoms. The number of alkyl halides is 3. The molecule has 0 aromatic heterocycles. The van der Waals surface area contributed by atoms with E-state index in [-0.39, 0.29) is 23.4 Å². The summed E-state index contributed by atoms with van der Waals surface area (Å²) in [6, 6.07) is 9.90. The monoisotopic (exact) mass is 338 g/mol. The van der Waals surface area contributed by atoms with Crippen molar-refractivity contribution in [1.82, 2.24) is 4.90 Å². The number of benzene rings is 2. The predicted octanol–water partition coefficient (Wildman–Crippen LogP) is 3.89. The molecule has 0 unspecified atom stereocenters. The molecule has 126 valence electrons. The first-order valence-corrected chi connectivity index (χ1v) is 6.85. The lowest BCUT2D eigenvalue weighted by Gasteiger charge is -2.20. The van der Waals surface area contributed by atoms with Gasteiger partial charge in [0, 0.05) is 31.3 Å². The van der Waals surface area contributed by atoms with Crippen molar-refractivity contribution in [2.45, 2.75) is 12.7 Å². The number of non-ortho nitro benzene ring substituents is 1. The van der Waals surface area contributed by atoms with Crippen molar-refractivity contribution in [3.05, 3.63) is 75.3 Å². The van der Waals surface area contributed by atoms with Crippen LogP contribution in [0.15, 0.2) is 48.5 Å². The lowest BCUT2D eigenvalue weighted by atomic mass is 10.1. The van der Waals surface area contributed by atoms with Crippen LogP contribution in [-0.4, -0.2) is 22.8 Å². The number of hydrogen-bond acceptors (Lipinski definition) is 3. The van der Waals surface area contributed by atoms with E-state index >= 15 is 0 Å². The molecule has 0 aliphatic heterocycles. The maximum atomic E-state index is 13.0. The zero-order chi connectivity index (χ0) is 17.9. The molecule has 0 heterocycles. The average Bonchev–Trinajstić information content (AvgIpc) is 2.53. The molecule has 2 aromatic rings. The Morgan fingerprint density at radius 2 is 1.71 bits per heavy atom. The smallest absolute Gasteiger partial charge is 0.337 e. The van der Waals surface area contributed by atoms with Crippen LogP contribution in [0.4, 0.5) is 18.9 Å². The van der Waals surface area contributed by atoms with Gasteiger partial charge in [-0.2, -0.15) is 13.2 Å². The Balaban J connectivity index is 2.19. The van der Waals surface area contributed by atoms with Crippen LogP contribution < -0.4 is 0 Å². The third-order valence-corrected chi connectivity index (χ3v) is 3.40. The van der Waals surface area contributed by atoms with Gasteiger partial charge in [-0.1, -0.05) is 18.2 Å². The Bertz CT molecular complexity index is 758. The third-order valence-electron chi connectivity index (χ3n) is 3.40. The van der Waals surface area contributed by atoms with E-state index in [0.29, 0.717) is 0 Å². The molecule has 0 spiro atoms. The number of nitro groups is 1. The average molecular weight is 338 g/mol. The number of hydrogen-bond donors (Lipinski definition) is 0. The van der Waals surface area contributed by atoms with Gasteiger partial charge in [0.05, 0.1) is 10.5 Å². The van der Waals surface area contributed by atoms with Crippen molar-refractivity contribution in [1.29, 1.82) is 0 Å². The molecule has 0 radical (unpaired) electrons. The first kappa shape index (κ1) is 17.5. The largest absolute Gasteiger partial charge is 0.416 e. The second-order valence-electron chi connectivity index (χ2n) is 5.12. The van der Waals surface area contributed by atoms with Crippen molar-refractivity contribution in [2.75, 3.05) is 7.05 Å². The van der Waals surface area contributed by atoms with Gasteiger partial charge in [-0.3, -0.25) is 14.9 Å². The molecule has 24 heavy (non-hydrogen) atoms. The Hall–Kier alpha value is -2.90. The van der Waals surface area contributed by atoms with Crippen LogP contribution >= 0.6 is 0 Å². The standard InChI is InChI=1S/C16H13F3N2O3/c1-20(10-12-4-2-3-5-14(12)16(17,18)19)15(22)11-6-8-13(9-7-11)21(23)24/h2-9H,10H2,1H3. The fourth-order valence-corrected chi connectivity index (χ4v) is 2.21. The van der Waals surface area contributed by atoms with Crippen LogP contribution in [0.5, 0.6) is 0 Å². The fraction of sp³-hybridized carbons (Fsp3) is 0.188. The lowest BCUT2D eigenvalue weighted by molar-refractivity contribution is -0.384. The zero-order valence-corrected chi connectivity index (χ0v) is 12.6. The van der Waals surface area contributed by atoms with Crippen molar-refractivity contribution in [2.24, 2.45) is 0 Å². The maximum Gasteiger partial charge on any atom is 0.416 e. The van der Waals surface area contributed by atoms with E-state index in [1.165, 1.54) is 49.5 Å². The second-order valence-corrected chi connectivity index (χ2v) is 5.12. The molecule has 1 amide bonds. The van der Waals surface area contributed by atoms with E-state index in [1.807, 2.05) is 0 Å². The van der Waals surface area contributed by atoms with Crippen molar-refractivity contribution >= 4 is 11.6 Å². The molecule has 0 aliphatic carbocycles. The van der Waals surface area contributed by atoms with E-state index in [2.05, 4.69) is 0 Å². The Labute approximate surface area is 135 Å². The van der Waals surface area contributed by atoms with Crippen LogP contribution in [0.25, 0.3) is 0 Å². The van der Waals surface area contributed by atoms with Gasteiger partial charge in [0.1, 0.15) is 0 Å². The summed E-state index contributed by atoms with van der Waals surface area (Å²) in [7, 11) is 1.37. The Morgan fingerprint density at radius 3 is 2.25 bits per heavy atom. The third kappa shape index (κ3) is 3.89. The summed E-state index contributed by atoms with van der Waals surface area (Å²) in [5.74, 6) is -0.526. The van der Waals surface area contributed by atoms with Crippen LogP contribution in [0.2, 0.25) is 0 Å². The summed E-state index contributed by atoms with van der Waals surface area (Å²) >= 11 is 0. The van der Waals surface area contributed by atoms with Crippen molar-refractivity contribution < 1.29 is 22.9 Å². The molecule has 0 atom stereocenters. The predicted molar refractivity (Wildman–Crippen MR) is 80.3 cm³/mol. The highest BCUT2D eigenvalue weighted by atomic mass is 19.4. The van der Waals surface area contributed by atoms with Gasteiger partial charge >= 0.3 is 6.18 Å². The highest BCUT2D eigenvalue weighted by molar-refractivity contribution is 5.94. The number of rotatable bonds is 4. The van der Waals surface area contributed by atoms with Gasteiger partial charge in [0.15, 0.2) is 0 Å². The van der Waals surface area contributed by atoms with Crippen LogP contribution in [0.3, 0.4) is 0 Å². The topological polar surface area (TPSA) is 63.5 Å². The minimum absolute atomic E-state index is 0.0252. The SMILES string of the molecule is CN(Cc1ccccc1C(F)(F)F)C(=O)c1ccc([N+](=O)[O-])cc1. The summed E-state index contributed by atoms with van der Waals surface area (Å²) in [4.78, 5) is 23.4. The van der Waals surface area contributed by atoms with E-state index in [0.717, 1.165) is 11.0 Å². The molecule has 0 saturated carbocycles. The number of carbonyl (C=O) groups is 1. The molecule has 0 saturated heterocycles. The first-order chi connectivity index (χ1) is 11.2. The molecular weight excluding hydrogens is 325 g/mol. The fourth-order valence-electron chi connectivity index (χ4n) is 2.21. The maximum absolute atomic E-state index is 13.0. The van der Waals surface area contributed by atoms with E-state index in [4.69, 9.17) is 0 Å². The van der Waals surface area contributed by atoms with Crippen molar-refractivity contribution in [3.63, 3.8) is 0 Å². The van der Waals surface area contributed by atoms with Gasteiger partial charge < -0.3 is 4.90 Å². The van der Waals surface area contributed by atoms with E-state index < -0.39 is 22.6 Å². The van der Waals surface area contributed by atoms with Gasteiger partial charge in [0.25, 0.3) is 11.6 Å². The van der Waals surface area contributed by atoms with E-state index in [1.54, 1.807) is 0 Å². The first-order valence-electron chi connectivity index (χ1n) is 6.85. The Kier molecular flexibility index (Phi) is 4.87. The summed E-state index contributed by atoms with van der Waals surface area (Å²) in [5.41, 5.74) is -0.833. The van der Waals surface area contributed by atoms with Crippen LogP contribution in [0.1, 0.15) is 21.5 Å². The molecule has 0 bridgehead atoms. The molecule has 0 aliphatic rings. The quantitative estimate of drug-likeness (QED) is 0.628.